The van der Waals surface area contributed by atoms with Crippen LogP contribution in [-0.2, 0) is 4.43 Å². The monoisotopic (exact) mass is 409 g/mol. The Morgan fingerprint density at radius 1 is 0.857 bits per heavy atom. The Bertz CT molecular complexity index is 551. The standard InChI is InChI=1S/C22H39NO4Si/c1-4-5-6-7-8-9-10-11-12-13-14-17-20-26-28(2,3)27-22-19-16-15-18-21(22)23(24)25/h15-16,18-19H,4-14,17,20H2,1-3H3. The van der Waals surface area contributed by atoms with Crippen LogP contribution >= 0.6 is 0 Å². The van der Waals surface area contributed by atoms with Crippen LogP contribution in [0.2, 0.25) is 13.1 Å². The molecule has 0 aromatic heterocycles. The summed E-state index contributed by atoms with van der Waals surface area (Å²) in [5.41, 5.74) is -0.00274. The predicted molar refractivity (Wildman–Crippen MR) is 118 cm³/mol. The molecule has 0 amide bonds. The van der Waals surface area contributed by atoms with Crippen LogP contribution in [0, 0.1) is 10.1 Å². The van der Waals surface area contributed by atoms with Crippen molar-refractivity contribution in [2.24, 2.45) is 0 Å². The maximum Gasteiger partial charge on any atom is 0.392 e. The summed E-state index contributed by atoms with van der Waals surface area (Å²) in [4.78, 5) is 10.7. The predicted octanol–water partition coefficient (Wildman–Crippen LogP) is 7.39. The average molecular weight is 410 g/mol. The first kappa shape index (κ1) is 24.6. The number of para-hydroxylation sites is 2. The Morgan fingerprint density at radius 3 is 1.89 bits per heavy atom. The molecule has 0 aliphatic carbocycles. The third-order valence-electron chi connectivity index (χ3n) is 4.87. The number of nitrogens with zero attached hydrogens (tertiary/aromatic N) is 1. The highest BCUT2D eigenvalue weighted by Gasteiger charge is 2.29. The van der Waals surface area contributed by atoms with E-state index in [-0.39, 0.29) is 5.69 Å². The van der Waals surface area contributed by atoms with Crippen LogP contribution in [0.5, 0.6) is 5.75 Å². The molecule has 1 aromatic carbocycles. The molecule has 0 bridgehead atoms. The van der Waals surface area contributed by atoms with Gasteiger partial charge in [-0.05, 0) is 25.6 Å². The molecule has 0 atom stereocenters. The van der Waals surface area contributed by atoms with E-state index in [9.17, 15) is 10.1 Å². The summed E-state index contributed by atoms with van der Waals surface area (Å²) in [5, 5.41) is 11.1. The molecule has 0 unspecified atom stereocenters. The van der Waals surface area contributed by atoms with E-state index >= 15 is 0 Å². The molecule has 6 heteroatoms. The minimum atomic E-state index is -2.43. The van der Waals surface area contributed by atoms with Crippen LogP contribution in [-0.4, -0.2) is 20.1 Å². The lowest BCUT2D eigenvalue weighted by Crippen LogP contribution is -2.38. The van der Waals surface area contributed by atoms with Crippen molar-refractivity contribution in [2.45, 2.75) is 97.1 Å². The molecule has 0 saturated carbocycles. The smallest absolute Gasteiger partial charge is 0.392 e. The summed E-state index contributed by atoms with van der Waals surface area (Å²) >= 11 is 0. The third-order valence-corrected chi connectivity index (χ3v) is 6.48. The van der Waals surface area contributed by atoms with Crippen LogP contribution in [0.4, 0.5) is 5.69 Å². The quantitative estimate of drug-likeness (QED) is 0.116. The Morgan fingerprint density at radius 2 is 1.36 bits per heavy atom. The molecule has 0 spiro atoms. The van der Waals surface area contributed by atoms with Crippen molar-refractivity contribution in [1.82, 2.24) is 0 Å². The number of hydrogen-bond acceptors (Lipinski definition) is 4. The second-order valence-electron chi connectivity index (χ2n) is 7.96. The van der Waals surface area contributed by atoms with E-state index in [0.29, 0.717) is 12.4 Å². The van der Waals surface area contributed by atoms with Crippen LogP contribution in [0.3, 0.4) is 0 Å². The first-order valence-electron chi connectivity index (χ1n) is 11.0. The fourth-order valence-corrected chi connectivity index (χ4v) is 4.65. The van der Waals surface area contributed by atoms with Gasteiger partial charge in [0.2, 0.25) is 0 Å². The molecule has 0 saturated heterocycles. The van der Waals surface area contributed by atoms with E-state index in [1.807, 2.05) is 13.1 Å². The molecular formula is C22H39NO4Si. The average Bonchev–Trinajstić information content (AvgIpc) is 2.65. The number of nitro benzene ring substituents is 1. The highest BCUT2D eigenvalue weighted by atomic mass is 28.4. The lowest BCUT2D eigenvalue weighted by molar-refractivity contribution is -0.385. The number of hydrogen-bond donors (Lipinski definition) is 0. The zero-order valence-electron chi connectivity index (χ0n) is 18.1. The van der Waals surface area contributed by atoms with Crippen molar-refractivity contribution in [3.05, 3.63) is 34.4 Å². The third kappa shape index (κ3) is 11.4. The minimum Gasteiger partial charge on any atom is -0.515 e. The SMILES string of the molecule is CCCCCCCCCCCCCCO[Si](C)(C)Oc1ccccc1[N+](=O)[O-]. The van der Waals surface area contributed by atoms with Crippen molar-refractivity contribution < 1.29 is 13.8 Å². The molecule has 1 aromatic rings. The van der Waals surface area contributed by atoms with E-state index in [4.69, 9.17) is 8.85 Å². The van der Waals surface area contributed by atoms with Crippen molar-refractivity contribution in [3.63, 3.8) is 0 Å². The van der Waals surface area contributed by atoms with Gasteiger partial charge in [0, 0.05) is 12.7 Å². The Labute approximate surface area is 172 Å². The molecule has 1 rings (SSSR count). The second kappa shape index (κ2) is 14.6. The normalized spacial score (nSPS) is 11.5. The van der Waals surface area contributed by atoms with E-state index in [1.165, 1.54) is 76.7 Å². The van der Waals surface area contributed by atoms with Gasteiger partial charge in [0.25, 0.3) is 0 Å². The summed E-state index contributed by atoms with van der Waals surface area (Å²) in [7, 11) is -2.43. The molecule has 0 fully saturated rings. The van der Waals surface area contributed by atoms with Gasteiger partial charge in [-0.25, -0.2) is 0 Å². The highest BCUT2D eigenvalue weighted by Crippen LogP contribution is 2.28. The molecular weight excluding hydrogens is 370 g/mol. The van der Waals surface area contributed by atoms with Gasteiger partial charge in [-0.2, -0.15) is 0 Å². The first-order valence-corrected chi connectivity index (χ1v) is 13.8. The Kier molecular flexibility index (Phi) is 12.8. The number of unbranched alkanes of at least 4 members (excludes halogenated alkanes) is 11. The maximum atomic E-state index is 11.1. The Balaban J connectivity index is 2.07. The number of benzene rings is 1. The Hall–Kier alpha value is -1.40. The van der Waals surface area contributed by atoms with E-state index in [1.54, 1.807) is 18.2 Å². The zero-order chi connectivity index (χ0) is 20.7. The molecule has 0 heterocycles. The van der Waals surface area contributed by atoms with Crippen molar-refractivity contribution in [2.75, 3.05) is 6.61 Å². The van der Waals surface area contributed by atoms with Gasteiger partial charge in [0.05, 0.1) is 4.92 Å². The van der Waals surface area contributed by atoms with Gasteiger partial charge in [-0.15, -0.1) is 0 Å². The van der Waals surface area contributed by atoms with Crippen molar-refractivity contribution in [1.29, 1.82) is 0 Å². The van der Waals surface area contributed by atoms with Crippen LogP contribution in [0.15, 0.2) is 24.3 Å². The molecule has 0 N–H and O–H groups in total. The van der Waals surface area contributed by atoms with Crippen LogP contribution in [0.25, 0.3) is 0 Å². The topological polar surface area (TPSA) is 61.6 Å². The van der Waals surface area contributed by atoms with E-state index in [0.717, 1.165) is 6.42 Å². The van der Waals surface area contributed by atoms with E-state index in [2.05, 4.69) is 6.92 Å². The summed E-state index contributed by atoms with van der Waals surface area (Å²) in [6.45, 7) is 6.79. The summed E-state index contributed by atoms with van der Waals surface area (Å²) in [6, 6.07) is 6.50. The fraction of sp³-hybridized carbons (Fsp3) is 0.727. The summed E-state index contributed by atoms with van der Waals surface area (Å²) in [5.74, 6) is 0.305. The lowest BCUT2D eigenvalue weighted by Gasteiger charge is -2.23. The molecule has 28 heavy (non-hydrogen) atoms. The largest absolute Gasteiger partial charge is 0.515 e. The van der Waals surface area contributed by atoms with Crippen LogP contribution < -0.4 is 4.43 Å². The van der Waals surface area contributed by atoms with Gasteiger partial charge in [-0.3, -0.25) is 10.1 Å². The molecule has 160 valence electrons. The molecule has 0 radical (unpaired) electrons. The van der Waals surface area contributed by atoms with Gasteiger partial charge >= 0.3 is 14.2 Å². The van der Waals surface area contributed by atoms with E-state index < -0.39 is 13.5 Å². The lowest BCUT2D eigenvalue weighted by atomic mass is 10.1. The minimum absolute atomic E-state index is 0.00274. The molecule has 0 aliphatic heterocycles. The van der Waals surface area contributed by atoms with Gasteiger partial charge in [0.1, 0.15) is 0 Å². The van der Waals surface area contributed by atoms with Crippen molar-refractivity contribution >= 4 is 14.2 Å². The van der Waals surface area contributed by atoms with Gasteiger partial charge in [0.15, 0.2) is 5.75 Å². The van der Waals surface area contributed by atoms with Gasteiger partial charge in [-0.1, -0.05) is 89.7 Å². The summed E-state index contributed by atoms with van der Waals surface area (Å²) in [6.07, 6.45) is 15.8. The highest BCUT2D eigenvalue weighted by molar-refractivity contribution is 6.65. The summed E-state index contributed by atoms with van der Waals surface area (Å²) < 4.78 is 11.8. The zero-order valence-corrected chi connectivity index (χ0v) is 19.1. The fourth-order valence-electron chi connectivity index (χ4n) is 3.25. The molecule has 0 aliphatic rings. The van der Waals surface area contributed by atoms with Gasteiger partial charge < -0.3 is 8.85 Å². The number of nitro groups is 1. The number of rotatable bonds is 17. The first-order chi connectivity index (χ1) is 13.5. The van der Waals surface area contributed by atoms with Crippen molar-refractivity contribution in [3.8, 4) is 5.75 Å². The maximum absolute atomic E-state index is 11.1. The second-order valence-corrected chi connectivity index (χ2v) is 11.3. The molecule has 5 nitrogen and oxygen atoms in total. The van der Waals surface area contributed by atoms with Crippen LogP contribution in [0.1, 0.15) is 84.0 Å².